The third-order valence-electron chi connectivity index (χ3n) is 12.1. The highest BCUT2D eigenvalue weighted by molar-refractivity contribution is 6.37. The highest BCUT2D eigenvalue weighted by atomic mass is 16.5. The summed E-state index contributed by atoms with van der Waals surface area (Å²) < 4.78 is 23.6. The van der Waals surface area contributed by atoms with Gasteiger partial charge >= 0.3 is 0 Å². The molecule has 0 spiro atoms. The van der Waals surface area contributed by atoms with Gasteiger partial charge in [-0.1, -0.05) is 81.6 Å². The van der Waals surface area contributed by atoms with Gasteiger partial charge in [-0.15, -0.1) is 12.8 Å². The molecule has 2 aliphatic heterocycles. The van der Waals surface area contributed by atoms with Gasteiger partial charge in [-0.3, -0.25) is 19.2 Å². The molecule has 10 rings (SSSR count). The molecular formula is C58H42N2O8. The molecule has 2 heterocycles. The Morgan fingerprint density at radius 3 is 1.21 bits per heavy atom. The number of ether oxygens (including phenoxy) is 4. The summed E-state index contributed by atoms with van der Waals surface area (Å²) in [6.45, 7) is 4.49. The predicted molar refractivity (Wildman–Crippen MR) is 264 cm³/mol. The lowest BCUT2D eigenvalue weighted by Gasteiger charge is -2.26. The number of hydrogen-bond acceptors (Lipinski definition) is 8. The van der Waals surface area contributed by atoms with E-state index < -0.39 is 29.0 Å². The van der Waals surface area contributed by atoms with Crippen molar-refractivity contribution in [2.45, 2.75) is 26.7 Å². The number of imide groups is 2. The second-order valence-electron chi connectivity index (χ2n) is 16.5. The fourth-order valence-electron chi connectivity index (χ4n) is 8.63. The van der Waals surface area contributed by atoms with Crippen LogP contribution in [-0.4, -0.2) is 36.8 Å². The van der Waals surface area contributed by atoms with Gasteiger partial charge in [0, 0.05) is 16.2 Å². The van der Waals surface area contributed by atoms with Crippen LogP contribution in [0.2, 0.25) is 0 Å². The zero-order chi connectivity index (χ0) is 46.4. The number of terminal acetylenes is 2. The molecule has 8 aromatic carbocycles. The van der Waals surface area contributed by atoms with Crippen molar-refractivity contribution in [3.05, 3.63) is 191 Å². The fraction of sp³-hybridized carbons (Fsp3) is 0.103. The first kappa shape index (κ1) is 44.1. The molecule has 0 saturated carbocycles. The fourth-order valence-corrected chi connectivity index (χ4v) is 8.63. The van der Waals surface area contributed by atoms with E-state index in [2.05, 4.69) is 25.7 Å². The average molecular weight is 895 g/mol. The topological polar surface area (TPSA) is 112 Å². The Labute approximate surface area is 393 Å². The molecule has 8 aromatic rings. The van der Waals surface area contributed by atoms with E-state index >= 15 is 0 Å². The maximum atomic E-state index is 13.8. The van der Waals surface area contributed by atoms with Gasteiger partial charge in [-0.25, -0.2) is 9.80 Å². The van der Waals surface area contributed by atoms with E-state index in [1.807, 2.05) is 84.9 Å². The summed E-state index contributed by atoms with van der Waals surface area (Å²) in [5.41, 5.74) is 3.68. The minimum absolute atomic E-state index is 0. The number of benzene rings is 8. The maximum absolute atomic E-state index is 13.8. The van der Waals surface area contributed by atoms with Gasteiger partial charge in [0.2, 0.25) is 0 Å². The molecule has 68 heavy (non-hydrogen) atoms. The minimum Gasteiger partial charge on any atom is -0.481 e. The van der Waals surface area contributed by atoms with Crippen molar-refractivity contribution < 1.29 is 38.1 Å². The number of carbonyl (C=O) groups is 4. The molecule has 0 saturated heterocycles. The van der Waals surface area contributed by atoms with Crippen molar-refractivity contribution in [1.82, 2.24) is 0 Å². The van der Waals surface area contributed by atoms with Gasteiger partial charge in [0.05, 0.1) is 33.6 Å². The van der Waals surface area contributed by atoms with E-state index in [0.717, 1.165) is 32.7 Å². The summed E-state index contributed by atoms with van der Waals surface area (Å²) in [5.74, 6) is 6.33. The van der Waals surface area contributed by atoms with E-state index in [1.165, 1.54) is 9.80 Å². The molecule has 332 valence electrons. The lowest BCUT2D eigenvalue weighted by atomic mass is 9.78. The summed E-state index contributed by atoms with van der Waals surface area (Å²) in [5, 5.41) is 3.04. The highest BCUT2D eigenvalue weighted by Crippen LogP contribution is 2.40. The van der Waals surface area contributed by atoms with Crippen molar-refractivity contribution in [2.24, 2.45) is 0 Å². The number of amides is 4. The Bertz CT molecular complexity index is 3220. The van der Waals surface area contributed by atoms with Crippen LogP contribution in [0.15, 0.2) is 158 Å². The maximum Gasteiger partial charge on any atom is 0.266 e. The molecule has 2 aliphatic rings. The first-order valence-corrected chi connectivity index (χ1v) is 21.3. The number of nitrogens with zero attached hydrogens (tertiary/aromatic N) is 2. The first-order valence-electron chi connectivity index (χ1n) is 21.3. The molecule has 10 heteroatoms. The summed E-state index contributed by atoms with van der Waals surface area (Å²) >= 11 is 0. The second kappa shape index (κ2) is 17.7. The van der Waals surface area contributed by atoms with Crippen LogP contribution < -0.4 is 28.7 Å². The zero-order valence-electron chi connectivity index (χ0n) is 36.2. The van der Waals surface area contributed by atoms with Crippen LogP contribution in [0.4, 0.5) is 11.4 Å². The molecule has 0 atom stereocenters. The van der Waals surface area contributed by atoms with Gasteiger partial charge in [0.15, 0.2) is 0 Å². The van der Waals surface area contributed by atoms with Gasteiger partial charge in [0.1, 0.15) is 47.7 Å². The van der Waals surface area contributed by atoms with Crippen LogP contribution in [0.25, 0.3) is 21.5 Å². The number of rotatable bonds is 12. The summed E-state index contributed by atoms with van der Waals surface area (Å²) in [6, 6.07) is 46.9. The molecule has 0 radical (unpaired) electrons. The van der Waals surface area contributed by atoms with Crippen molar-refractivity contribution in [3.63, 3.8) is 0 Å². The molecule has 4 amide bonds. The van der Waals surface area contributed by atoms with Crippen LogP contribution in [0.3, 0.4) is 0 Å². The number of hydrogen-bond donors (Lipinski definition) is 0. The van der Waals surface area contributed by atoms with E-state index in [9.17, 15) is 19.2 Å². The van der Waals surface area contributed by atoms with Crippen LogP contribution in [0.1, 0.15) is 73.8 Å². The zero-order valence-corrected chi connectivity index (χ0v) is 36.2. The van der Waals surface area contributed by atoms with E-state index in [-0.39, 0.29) is 31.8 Å². The Hall–Kier alpha value is -9.12. The van der Waals surface area contributed by atoms with Crippen molar-refractivity contribution in [2.75, 3.05) is 23.0 Å². The third-order valence-corrected chi connectivity index (χ3v) is 12.1. The smallest absolute Gasteiger partial charge is 0.266 e. The molecule has 0 bridgehead atoms. The highest BCUT2D eigenvalue weighted by Gasteiger charge is 2.39. The minimum atomic E-state index is -0.439. The van der Waals surface area contributed by atoms with Gasteiger partial charge < -0.3 is 18.9 Å². The quantitative estimate of drug-likeness (QED) is 0.0880. The lowest BCUT2D eigenvalue weighted by molar-refractivity contribution is 0.0910. The monoisotopic (exact) mass is 894 g/mol. The Kier molecular flexibility index (Phi) is 11.5. The molecule has 0 aromatic heterocycles. The largest absolute Gasteiger partial charge is 0.481 e. The molecule has 10 nitrogen and oxygen atoms in total. The normalized spacial score (nSPS) is 12.9. The summed E-state index contributed by atoms with van der Waals surface area (Å²) in [4.78, 5) is 57.3. The molecular weight excluding hydrogens is 853 g/mol. The van der Waals surface area contributed by atoms with Crippen LogP contribution >= 0.6 is 0 Å². The summed E-state index contributed by atoms with van der Waals surface area (Å²) in [6.07, 6.45) is 10.7. The van der Waals surface area contributed by atoms with E-state index in [0.29, 0.717) is 57.0 Å². The predicted octanol–water partition coefficient (Wildman–Crippen LogP) is 12.2. The van der Waals surface area contributed by atoms with Crippen LogP contribution in [-0.2, 0) is 5.41 Å². The first-order chi connectivity index (χ1) is 32.5. The van der Waals surface area contributed by atoms with Gasteiger partial charge in [0.25, 0.3) is 23.6 Å². The Morgan fingerprint density at radius 1 is 0.441 bits per heavy atom. The van der Waals surface area contributed by atoms with E-state index in [1.54, 1.807) is 72.8 Å². The lowest BCUT2D eigenvalue weighted by Crippen LogP contribution is -2.29. The standard InChI is InChI=1S/C57H38N2O8.CH4/c1-5-29-64-41-21-25-45-35(31-41)9-7-11-51(45)58-53(60)47-27-23-43(33-49(47)55(58)62)66-39-17-13-37(14-18-39)57(3,4)38-15-19-40(20-16-38)67-44-24-28-48-50(34-44)56(63)59(54(48)61)52-12-8-10-36-32-42(65-30-6-2)22-26-46(36)52;/h1-2,7-28,31-34H,29-30H2,3-4H3;1H4. The van der Waals surface area contributed by atoms with Crippen LogP contribution in [0, 0.1) is 24.7 Å². The van der Waals surface area contributed by atoms with E-state index in [4.69, 9.17) is 31.8 Å². The number of anilines is 2. The number of fused-ring (bicyclic) bond motifs is 4. The van der Waals surface area contributed by atoms with Crippen molar-refractivity contribution in [1.29, 1.82) is 0 Å². The molecule has 0 unspecified atom stereocenters. The Morgan fingerprint density at radius 2 is 0.809 bits per heavy atom. The molecule has 0 fully saturated rings. The average Bonchev–Trinajstić information content (AvgIpc) is 3.74. The Balaban J connectivity index is 0.00000578. The summed E-state index contributed by atoms with van der Waals surface area (Å²) in [7, 11) is 0. The van der Waals surface area contributed by atoms with Crippen molar-refractivity contribution in [3.8, 4) is 59.2 Å². The molecule has 0 N–H and O–H groups in total. The SMILES string of the molecule is C.C#CCOc1ccc2c(N3C(=O)c4ccc(Oc5ccc(C(C)(C)c6ccc(Oc7ccc8c(c7)C(=O)N(c7cccc9cc(OCC#C)ccc79)C8=O)cc6)cc5)cc4C3=O)cccc2c1. The van der Waals surface area contributed by atoms with Crippen molar-refractivity contribution >= 4 is 56.5 Å². The second-order valence-corrected chi connectivity index (χ2v) is 16.5. The third kappa shape index (κ3) is 7.80. The van der Waals surface area contributed by atoms with Crippen LogP contribution in [0.5, 0.6) is 34.5 Å². The number of carbonyl (C=O) groups excluding carboxylic acids is 4. The van der Waals surface area contributed by atoms with Gasteiger partial charge in [-0.05, 0) is 131 Å². The van der Waals surface area contributed by atoms with Gasteiger partial charge in [-0.2, -0.15) is 0 Å². The molecule has 0 aliphatic carbocycles.